The predicted octanol–water partition coefficient (Wildman–Crippen LogP) is 6.39. The number of halogens is 1. The topological polar surface area (TPSA) is 95.1 Å². The van der Waals surface area contributed by atoms with Crippen molar-refractivity contribution in [2.24, 2.45) is 0 Å². The zero-order valence-corrected chi connectivity index (χ0v) is 21.5. The predicted molar refractivity (Wildman–Crippen MR) is 139 cm³/mol. The van der Waals surface area contributed by atoms with Crippen LogP contribution in [0.2, 0.25) is 0 Å². The minimum atomic E-state index is -0.558. The Morgan fingerprint density at radius 2 is 1.94 bits per heavy atom. The van der Waals surface area contributed by atoms with Crippen molar-refractivity contribution in [2.75, 3.05) is 12.4 Å². The van der Waals surface area contributed by atoms with Crippen molar-refractivity contribution in [2.45, 2.75) is 32.3 Å². The molecular weight excluding hydrogens is 526 g/mol. The van der Waals surface area contributed by atoms with Crippen LogP contribution in [0.1, 0.15) is 40.0 Å². The van der Waals surface area contributed by atoms with Crippen LogP contribution >= 0.6 is 27.3 Å². The summed E-state index contributed by atoms with van der Waals surface area (Å²) in [5.41, 5.74) is 3.07. The highest BCUT2D eigenvalue weighted by molar-refractivity contribution is 9.10. The van der Waals surface area contributed by atoms with Gasteiger partial charge in [-0.3, -0.25) is 4.79 Å². The van der Waals surface area contributed by atoms with Gasteiger partial charge in [-0.05, 0) is 60.6 Å². The lowest BCUT2D eigenvalue weighted by molar-refractivity contribution is -0.112. The second-order valence-electron chi connectivity index (χ2n) is 7.95. The van der Waals surface area contributed by atoms with E-state index in [-0.39, 0.29) is 5.57 Å². The SMILES string of the molecule is COc1cc(/C=C(\C#N)C(=O)Nc2sc3c(c2C#N)CCCC3)c(Br)cc1OCc1ccccc1. The Morgan fingerprint density at radius 1 is 1.17 bits per heavy atom. The first kappa shape index (κ1) is 24.5. The lowest BCUT2D eigenvalue weighted by Crippen LogP contribution is -2.13. The molecule has 2 aromatic carbocycles. The average Bonchev–Trinajstić information content (AvgIpc) is 3.24. The molecule has 1 heterocycles. The maximum atomic E-state index is 12.9. The summed E-state index contributed by atoms with van der Waals surface area (Å²) in [5.74, 6) is 0.454. The van der Waals surface area contributed by atoms with Gasteiger partial charge in [0.15, 0.2) is 11.5 Å². The average molecular weight is 548 g/mol. The minimum Gasteiger partial charge on any atom is -0.493 e. The highest BCUT2D eigenvalue weighted by Crippen LogP contribution is 2.38. The van der Waals surface area contributed by atoms with Gasteiger partial charge in [-0.25, -0.2) is 0 Å². The second-order valence-corrected chi connectivity index (χ2v) is 9.91. The van der Waals surface area contributed by atoms with Crippen molar-refractivity contribution >= 4 is 44.3 Å². The molecule has 0 saturated heterocycles. The number of carbonyl (C=O) groups is 1. The molecule has 4 rings (SSSR count). The summed E-state index contributed by atoms with van der Waals surface area (Å²) < 4.78 is 12.1. The molecule has 6 nitrogen and oxygen atoms in total. The van der Waals surface area contributed by atoms with Crippen LogP contribution in [0.25, 0.3) is 6.08 Å². The molecule has 176 valence electrons. The molecule has 0 bridgehead atoms. The summed E-state index contributed by atoms with van der Waals surface area (Å²) in [5, 5.41) is 22.6. The Morgan fingerprint density at radius 3 is 2.66 bits per heavy atom. The van der Waals surface area contributed by atoms with Gasteiger partial charge < -0.3 is 14.8 Å². The number of amides is 1. The molecule has 1 aliphatic carbocycles. The standard InChI is InChI=1S/C27H22BrN3O3S/c1-33-23-12-18(22(28)13-24(23)34-16-17-7-3-2-4-8-17)11-19(14-29)26(32)31-27-21(15-30)20-9-5-6-10-25(20)35-27/h2-4,7-8,11-13H,5-6,9-10,16H2,1H3,(H,31,32)/b19-11+. The van der Waals surface area contributed by atoms with E-state index < -0.39 is 5.91 Å². The van der Waals surface area contributed by atoms with Crippen molar-refractivity contribution in [1.29, 1.82) is 10.5 Å². The molecular formula is C27H22BrN3O3S. The number of anilines is 1. The van der Waals surface area contributed by atoms with Crippen molar-refractivity contribution in [3.05, 3.63) is 79.6 Å². The van der Waals surface area contributed by atoms with E-state index in [4.69, 9.17) is 9.47 Å². The van der Waals surface area contributed by atoms with Gasteiger partial charge in [-0.1, -0.05) is 46.3 Å². The Balaban J connectivity index is 1.56. The Bertz CT molecular complexity index is 1370. The highest BCUT2D eigenvalue weighted by atomic mass is 79.9. The minimum absolute atomic E-state index is 0.0824. The molecule has 0 radical (unpaired) electrons. The van der Waals surface area contributed by atoms with E-state index in [0.29, 0.717) is 38.7 Å². The summed E-state index contributed by atoms with van der Waals surface area (Å²) in [7, 11) is 1.53. The van der Waals surface area contributed by atoms with E-state index in [2.05, 4.69) is 27.3 Å². The Kier molecular flexibility index (Phi) is 7.87. The zero-order chi connectivity index (χ0) is 24.8. The number of benzene rings is 2. The summed E-state index contributed by atoms with van der Waals surface area (Å²) in [6, 6.07) is 17.4. The number of methoxy groups -OCH3 is 1. The fraction of sp³-hybridized carbons (Fsp3) is 0.222. The van der Waals surface area contributed by atoms with E-state index in [0.717, 1.165) is 41.7 Å². The number of carbonyl (C=O) groups excluding carboxylic acids is 1. The summed E-state index contributed by atoms with van der Waals surface area (Å²) in [6.45, 7) is 0.372. The number of aryl methyl sites for hydroxylation is 1. The van der Waals surface area contributed by atoms with Crippen LogP contribution in [0, 0.1) is 22.7 Å². The van der Waals surface area contributed by atoms with Crippen molar-refractivity contribution in [3.8, 4) is 23.6 Å². The van der Waals surface area contributed by atoms with E-state index in [1.165, 1.54) is 24.5 Å². The molecule has 0 unspecified atom stereocenters. The van der Waals surface area contributed by atoms with Crippen molar-refractivity contribution in [1.82, 2.24) is 0 Å². The molecule has 0 spiro atoms. The smallest absolute Gasteiger partial charge is 0.266 e. The molecule has 8 heteroatoms. The van der Waals surface area contributed by atoms with Crippen LogP contribution in [-0.2, 0) is 24.2 Å². The molecule has 0 saturated carbocycles. The van der Waals surface area contributed by atoms with Crippen LogP contribution in [0.15, 0.2) is 52.5 Å². The first-order valence-corrected chi connectivity index (χ1v) is 12.7. The quantitative estimate of drug-likeness (QED) is 0.273. The maximum Gasteiger partial charge on any atom is 0.266 e. The van der Waals surface area contributed by atoms with Gasteiger partial charge in [0.25, 0.3) is 5.91 Å². The van der Waals surface area contributed by atoms with E-state index >= 15 is 0 Å². The number of hydrogen-bond acceptors (Lipinski definition) is 6. The number of nitrogens with one attached hydrogen (secondary N) is 1. The van der Waals surface area contributed by atoms with Crippen LogP contribution in [0.4, 0.5) is 5.00 Å². The third kappa shape index (κ3) is 5.57. The molecule has 1 aromatic heterocycles. The number of fused-ring (bicyclic) bond motifs is 1. The van der Waals surface area contributed by atoms with E-state index in [1.807, 2.05) is 36.4 Å². The molecule has 0 aliphatic heterocycles. The number of ether oxygens (including phenoxy) is 2. The van der Waals surface area contributed by atoms with Gasteiger partial charge in [-0.15, -0.1) is 11.3 Å². The van der Waals surface area contributed by atoms with Gasteiger partial charge in [0, 0.05) is 9.35 Å². The summed E-state index contributed by atoms with van der Waals surface area (Å²) in [4.78, 5) is 14.1. The number of nitriles is 2. The van der Waals surface area contributed by atoms with Gasteiger partial charge >= 0.3 is 0 Å². The zero-order valence-electron chi connectivity index (χ0n) is 19.1. The first-order chi connectivity index (χ1) is 17.0. The van der Waals surface area contributed by atoms with Crippen molar-refractivity contribution < 1.29 is 14.3 Å². The Labute approximate surface area is 216 Å². The molecule has 0 atom stereocenters. The van der Waals surface area contributed by atoms with Gasteiger partial charge in [0.05, 0.1) is 12.7 Å². The first-order valence-electron chi connectivity index (χ1n) is 11.1. The summed E-state index contributed by atoms with van der Waals surface area (Å²) in [6.07, 6.45) is 5.36. The molecule has 35 heavy (non-hydrogen) atoms. The van der Waals surface area contributed by atoms with Crippen LogP contribution < -0.4 is 14.8 Å². The molecule has 1 N–H and O–H groups in total. The highest BCUT2D eigenvalue weighted by Gasteiger charge is 2.23. The number of nitrogens with zero attached hydrogens (tertiary/aromatic N) is 2. The largest absolute Gasteiger partial charge is 0.493 e. The third-order valence-corrected chi connectivity index (χ3v) is 7.59. The lowest BCUT2D eigenvalue weighted by Gasteiger charge is -2.13. The number of hydrogen-bond donors (Lipinski definition) is 1. The van der Waals surface area contributed by atoms with E-state index in [9.17, 15) is 15.3 Å². The molecule has 1 amide bonds. The third-order valence-electron chi connectivity index (χ3n) is 5.70. The number of rotatable bonds is 7. The molecule has 0 fully saturated rings. The number of thiophene rings is 1. The van der Waals surface area contributed by atoms with Gasteiger partial charge in [-0.2, -0.15) is 10.5 Å². The van der Waals surface area contributed by atoms with Gasteiger partial charge in [0.1, 0.15) is 29.3 Å². The normalized spacial score (nSPS) is 12.7. The fourth-order valence-electron chi connectivity index (χ4n) is 3.92. The maximum absolute atomic E-state index is 12.9. The van der Waals surface area contributed by atoms with Crippen LogP contribution in [0.5, 0.6) is 11.5 Å². The summed E-state index contributed by atoms with van der Waals surface area (Å²) >= 11 is 4.94. The van der Waals surface area contributed by atoms with Gasteiger partial charge in [0.2, 0.25) is 0 Å². The van der Waals surface area contributed by atoms with Crippen LogP contribution in [0.3, 0.4) is 0 Å². The molecule has 3 aromatic rings. The van der Waals surface area contributed by atoms with Crippen LogP contribution in [-0.4, -0.2) is 13.0 Å². The lowest BCUT2D eigenvalue weighted by atomic mass is 9.96. The van der Waals surface area contributed by atoms with Crippen molar-refractivity contribution in [3.63, 3.8) is 0 Å². The fourth-order valence-corrected chi connectivity index (χ4v) is 5.59. The molecule has 1 aliphatic rings. The Hall–Kier alpha value is -3.59. The monoisotopic (exact) mass is 547 g/mol. The second kappa shape index (κ2) is 11.2. The van der Waals surface area contributed by atoms with E-state index in [1.54, 1.807) is 12.1 Å².